The summed E-state index contributed by atoms with van der Waals surface area (Å²) >= 11 is 0. The number of benzene rings is 1. The minimum absolute atomic E-state index is 0.711. The molecule has 3 heteroatoms. The average Bonchev–Trinajstić information content (AvgIpc) is 2.25. The van der Waals surface area contributed by atoms with Gasteiger partial charge in [-0.25, -0.2) is 0 Å². The number of ether oxygens (including phenoxy) is 3. The lowest BCUT2D eigenvalue weighted by Crippen LogP contribution is -1.92. The van der Waals surface area contributed by atoms with Crippen molar-refractivity contribution in [3.63, 3.8) is 0 Å². The van der Waals surface area contributed by atoms with E-state index in [4.69, 9.17) is 14.2 Å². The highest BCUT2D eigenvalue weighted by molar-refractivity contribution is 5.61. The Hall–Kier alpha value is -1.64. The molecule has 0 saturated heterocycles. The quantitative estimate of drug-likeness (QED) is 0.688. The van der Waals surface area contributed by atoms with Crippen LogP contribution in [0.25, 0.3) is 6.08 Å². The third-order valence-electron chi connectivity index (χ3n) is 1.82. The lowest BCUT2D eigenvalue weighted by atomic mass is 10.2. The summed E-state index contributed by atoms with van der Waals surface area (Å²) in [4.78, 5) is 0. The van der Waals surface area contributed by atoms with E-state index >= 15 is 0 Å². The Bertz CT molecular complexity index is 318. The van der Waals surface area contributed by atoms with Gasteiger partial charge in [-0.15, -0.1) is 0 Å². The molecule has 0 unspecified atom stereocenters. The van der Waals surface area contributed by atoms with Crippen molar-refractivity contribution >= 4 is 6.08 Å². The van der Waals surface area contributed by atoms with Crippen molar-refractivity contribution in [3.8, 4) is 11.5 Å². The van der Waals surface area contributed by atoms with Crippen LogP contribution in [0, 0.1) is 0 Å². The van der Waals surface area contributed by atoms with Gasteiger partial charge >= 0.3 is 0 Å². The van der Waals surface area contributed by atoms with Crippen LogP contribution in [0.4, 0.5) is 0 Å². The van der Waals surface area contributed by atoms with Gasteiger partial charge in [0.05, 0.1) is 27.6 Å². The maximum absolute atomic E-state index is 5.23. The molecule has 0 aliphatic carbocycles. The molecule has 0 heterocycles. The molecule has 0 aliphatic rings. The van der Waals surface area contributed by atoms with Gasteiger partial charge in [-0.05, 0) is 12.1 Å². The molecule has 76 valence electrons. The van der Waals surface area contributed by atoms with Gasteiger partial charge in [0, 0.05) is 5.56 Å². The Kier molecular flexibility index (Phi) is 3.85. The Labute approximate surface area is 83.9 Å². The fourth-order valence-electron chi connectivity index (χ4n) is 1.18. The molecule has 0 aromatic heterocycles. The molecular weight excluding hydrogens is 180 g/mol. The Morgan fingerprint density at radius 3 is 2.43 bits per heavy atom. The standard InChI is InChI=1S/C11H14O3/c1-12-8-7-9-5-4-6-10(13-2)11(9)14-3/h4-8H,1-3H3/b8-7+. The number of hydrogen-bond donors (Lipinski definition) is 0. The van der Waals surface area contributed by atoms with Gasteiger partial charge in [0.25, 0.3) is 0 Å². The van der Waals surface area contributed by atoms with Crippen molar-refractivity contribution < 1.29 is 14.2 Å². The Morgan fingerprint density at radius 1 is 1.07 bits per heavy atom. The molecule has 14 heavy (non-hydrogen) atoms. The largest absolute Gasteiger partial charge is 0.504 e. The molecule has 0 fully saturated rings. The monoisotopic (exact) mass is 194 g/mol. The number of methoxy groups -OCH3 is 3. The highest BCUT2D eigenvalue weighted by Crippen LogP contribution is 2.31. The summed E-state index contributed by atoms with van der Waals surface area (Å²) in [6.45, 7) is 0. The Morgan fingerprint density at radius 2 is 1.86 bits per heavy atom. The van der Waals surface area contributed by atoms with E-state index in [1.807, 2.05) is 24.3 Å². The second-order valence-electron chi connectivity index (χ2n) is 2.62. The highest BCUT2D eigenvalue weighted by Gasteiger charge is 2.06. The summed E-state index contributed by atoms with van der Waals surface area (Å²) in [6.07, 6.45) is 3.42. The predicted octanol–water partition coefficient (Wildman–Crippen LogP) is 2.32. The second kappa shape index (κ2) is 5.17. The van der Waals surface area contributed by atoms with Crippen LogP contribution in [0.3, 0.4) is 0 Å². The van der Waals surface area contributed by atoms with Crippen molar-refractivity contribution in [1.29, 1.82) is 0 Å². The molecule has 3 nitrogen and oxygen atoms in total. The summed E-state index contributed by atoms with van der Waals surface area (Å²) in [6, 6.07) is 5.68. The van der Waals surface area contributed by atoms with E-state index in [1.165, 1.54) is 0 Å². The zero-order valence-electron chi connectivity index (χ0n) is 8.61. The molecule has 0 atom stereocenters. The first-order valence-electron chi connectivity index (χ1n) is 4.23. The Balaban J connectivity index is 3.08. The van der Waals surface area contributed by atoms with Gasteiger partial charge in [-0.1, -0.05) is 12.1 Å². The molecule has 0 saturated carbocycles. The van der Waals surface area contributed by atoms with Gasteiger partial charge in [0.1, 0.15) is 0 Å². The van der Waals surface area contributed by atoms with Crippen molar-refractivity contribution in [2.24, 2.45) is 0 Å². The summed E-state index contributed by atoms with van der Waals surface area (Å²) in [7, 11) is 4.83. The number of para-hydroxylation sites is 1. The minimum Gasteiger partial charge on any atom is -0.504 e. The van der Waals surface area contributed by atoms with Crippen molar-refractivity contribution in [1.82, 2.24) is 0 Å². The fourth-order valence-corrected chi connectivity index (χ4v) is 1.18. The summed E-state index contributed by atoms with van der Waals surface area (Å²) in [5, 5.41) is 0. The second-order valence-corrected chi connectivity index (χ2v) is 2.62. The SMILES string of the molecule is CO/C=C/c1cccc(OC)c1OC. The molecule has 0 spiro atoms. The molecule has 1 rings (SSSR count). The zero-order valence-corrected chi connectivity index (χ0v) is 8.61. The molecular formula is C11H14O3. The highest BCUT2D eigenvalue weighted by atomic mass is 16.5. The predicted molar refractivity (Wildman–Crippen MR) is 55.6 cm³/mol. The van der Waals surface area contributed by atoms with E-state index < -0.39 is 0 Å². The summed E-state index contributed by atoms with van der Waals surface area (Å²) in [5.41, 5.74) is 0.925. The topological polar surface area (TPSA) is 27.7 Å². The van der Waals surface area contributed by atoms with E-state index in [2.05, 4.69) is 0 Å². The zero-order chi connectivity index (χ0) is 10.4. The van der Waals surface area contributed by atoms with Crippen LogP contribution in [0.1, 0.15) is 5.56 Å². The van der Waals surface area contributed by atoms with Crippen LogP contribution in [0.5, 0.6) is 11.5 Å². The fraction of sp³-hybridized carbons (Fsp3) is 0.273. The number of rotatable bonds is 4. The summed E-state index contributed by atoms with van der Waals surface area (Å²) < 4.78 is 15.2. The van der Waals surface area contributed by atoms with Gasteiger partial charge in [-0.2, -0.15) is 0 Å². The molecule has 1 aromatic rings. The lowest BCUT2D eigenvalue weighted by molar-refractivity contribution is 0.340. The minimum atomic E-state index is 0.711. The third-order valence-corrected chi connectivity index (χ3v) is 1.82. The molecule has 0 amide bonds. The van der Waals surface area contributed by atoms with Gasteiger partial charge in [-0.3, -0.25) is 0 Å². The molecule has 1 aromatic carbocycles. The first kappa shape index (κ1) is 10.4. The van der Waals surface area contributed by atoms with Crippen LogP contribution in [-0.4, -0.2) is 21.3 Å². The van der Waals surface area contributed by atoms with E-state index in [-0.39, 0.29) is 0 Å². The van der Waals surface area contributed by atoms with Crippen molar-refractivity contribution in [3.05, 3.63) is 30.0 Å². The maximum atomic E-state index is 5.23. The van der Waals surface area contributed by atoms with E-state index in [9.17, 15) is 0 Å². The van der Waals surface area contributed by atoms with Gasteiger partial charge in [0.15, 0.2) is 11.5 Å². The van der Waals surface area contributed by atoms with E-state index in [0.717, 1.165) is 5.56 Å². The average molecular weight is 194 g/mol. The smallest absolute Gasteiger partial charge is 0.168 e. The molecule has 0 radical (unpaired) electrons. The first-order chi connectivity index (χ1) is 6.83. The van der Waals surface area contributed by atoms with E-state index in [0.29, 0.717) is 11.5 Å². The van der Waals surface area contributed by atoms with E-state index in [1.54, 1.807) is 27.6 Å². The normalized spacial score (nSPS) is 10.2. The van der Waals surface area contributed by atoms with Crippen LogP contribution in [0.2, 0.25) is 0 Å². The van der Waals surface area contributed by atoms with Crippen LogP contribution < -0.4 is 9.47 Å². The van der Waals surface area contributed by atoms with Crippen LogP contribution >= 0.6 is 0 Å². The van der Waals surface area contributed by atoms with Gasteiger partial charge in [0.2, 0.25) is 0 Å². The third kappa shape index (κ3) is 2.19. The molecule has 0 aliphatic heterocycles. The van der Waals surface area contributed by atoms with Crippen LogP contribution in [0.15, 0.2) is 24.5 Å². The lowest BCUT2D eigenvalue weighted by Gasteiger charge is -2.09. The maximum Gasteiger partial charge on any atom is 0.168 e. The van der Waals surface area contributed by atoms with Crippen molar-refractivity contribution in [2.45, 2.75) is 0 Å². The molecule has 0 N–H and O–H groups in total. The first-order valence-corrected chi connectivity index (χ1v) is 4.23. The van der Waals surface area contributed by atoms with Crippen molar-refractivity contribution in [2.75, 3.05) is 21.3 Å². The number of hydrogen-bond acceptors (Lipinski definition) is 3. The van der Waals surface area contributed by atoms with Gasteiger partial charge < -0.3 is 14.2 Å². The van der Waals surface area contributed by atoms with Crippen LogP contribution in [-0.2, 0) is 4.74 Å². The molecule has 0 bridgehead atoms. The summed E-state index contributed by atoms with van der Waals surface area (Å²) in [5.74, 6) is 1.43.